The van der Waals surface area contributed by atoms with Gasteiger partial charge in [-0.25, -0.2) is 4.99 Å². The van der Waals surface area contributed by atoms with Crippen molar-refractivity contribution in [2.24, 2.45) is 4.99 Å². The van der Waals surface area contributed by atoms with Gasteiger partial charge in [-0.1, -0.05) is 0 Å². The van der Waals surface area contributed by atoms with Crippen LogP contribution >= 0.6 is 11.8 Å². The minimum absolute atomic E-state index is 0.523. The van der Waals surface area contributed by atoms with Crippen molar-refractivity contribution in [3.63, 3.8) is 0 Å². The lowest BCUT2D eigenvalue weighted by Crippen LogP contribution is -2.22. The molecule has 0 unspecified atom stereocenters. The zero-order valence-electron chi connectivity index (χ0n) is 5.26. The average molecular weight is 159 g/mol. The van der Waals surface area contributed by atoms with Crippen LogP contribution in [-0.4, -0.2) is 23.6 Å². The predicted octanol–water partition coefficient (Wildman–Crippen LogP) is -0.197. The summed E-state index contributed by atoms with van der Waals surface area (Å²) in [5, 5.41) is 6.15. The fourth-order valence-corrected chi connectivity index (χ4v) is 1.12. The molecular weight excluding hydrogens is 152 g/mol. The van der Waals surface area contributed by atoms with Gasteiger partial charge in [0.25, 0.3) is 0 Å². The number of aliphatic imine (C=N–C) groups is 1. The molecule has 2 rings (SSSR count). The Kier molecular flexibility index (Phi) is 1.20. The monoisotopic (exact) mass is 158 g/mol. The quantitative estimate of drug-likeness (QED) is 0.480. The highest BCUT2D eigenvalue weighted by atomic mass is 35.5. The van der Waals surface area contributed by atoms with Crippen molar-refractivity contribution in [3.05, 3.63) is 11.9 Å². The molecule has 10 heavy (non-hydrogen) atoms. The van der Waals surface area contributed by atoms with Crippen LogP contribution in [0.5, 0.6) is 0 Å². The standard InChI is InChI=1S/C5H7ClN4/c6-10-1-4-5(9-3-10)8-2-7-4/h1,7H,2-3H2,(H,8,9). The van der Waals surface area contributed by atoms with E-state index in [-0.39, 0.29) is 0 Å². The molecule has 2 aliphatic heterocycles. The highest BCUT2D eigenvalue weighted by molar-refractivity contribution is 6.15. The maximum Gasteiger partial charge on any atom is 0.149 e. The highest BCUT2D eigenvalue weighted by Gasteiger charge is 2.17. The molecule has 4 nitrogen and oxygen atoms in total. The third-order valence-electron chi connectivity index (χ3n) is 1.42. The Labute approximate surface area is 63.7 Å². The summed E-state index contributed by atoms with van der Waals surface area (Å²) in [6.45, 7) is 1.27. The van der Waals surface area contributed by atoms with E-state index < -0.39 is 0 Å². The molecule has 0 aromatic rings. The third kappa shape index (κ3) is 0.806. The molecule has 5 heteroatoms. The van der Waals surface area contributed by atoms with Crippen molar-refractivity contribution in [1.29, 1.82) is 0 Å². The van der Waals surface area contributed by atoms with Crippen molar-refractivity contribution in [3.8, 4) is 0 Å². The van der Waals surface area contributed by atoms with Crippen molar-refractivity contribution >= 4 is 17.6 Å². The van der Waals surface area contributed by atoms with E-state index in [0.717, 1.165) is 18.2 Å². The van der Waals surface area contributed by atoms with Crippen LogP contribution in [0, 0.1) is 0 Å². The van der Waals surface area contributed by atoms with Crippen molar-refractivity contribution in [2.45, 2.75) is 0 Å². The van der Waals surface area contributed by atoms with Crippen LogP contribution in [0.1, 0.15) is 0 Å². The number of hydrogen-bond donors (Lipinski definition) is 2. The van der Waals surface area contributed by atoms with Crippen LogP contribution in [0.15, 0.2) is 16.9 Å². The Morgan fingerprint density at radius 1 is 1.60 bits per heavy atom. The van der Waals surface area contributed by atoms with Gasteiger partial charge in [-0.3, -0.25) is 4.42 Å². The molecule has 0 aliphatic carbocycles. The molecule has 0 aromatic carbocycles. The fraction of sp³-hybridized carbons (Fsp3) is 0.400. The molecule has 0 bridgehead atoms. The second-order valence-corrected chi connectivity index (χ2v) is 2.56. The van der Waals surface area contributed by atoms with Gasteiger partial charge < -0.3 is 10.6 Å². The zero-order chi connectivity index (χ0) is 6.97. The summed E-state index contributed by atoms with van der Waals surface area (Å²) in [7, 11) is 0. The molecular formula is C5H7ClN4. The summed E-state index contributed by atoms with van der Waals surface area (Å²) in [6, 6.07) is 0. The van der Waals surface area contributed by atoms with Gasteiger partial charge in [0.15, 0.2) is 0 Å². The Morgan fingerprint density at radius 2 is 2.50 bits per heavy atom. The minimum atomic E-state index is 0.523. The van der Waals surface area contributed by atoms with Gasteiger partial charge in [-0.15, -0.1) is 0 Å². The van der Waals surface area contributed by atoms with Crippen molar-refractivity contribution < 1.29 is 0 Å². The average Bonchev–Trinajstić information content (AvgIpc) is 2.33. The number of hydrogen-bond acceptors (Lipinski definition) is 4. The Hall–Kier alpha value is -0.900. The third-order valence-corrected chi connectivity index (χ3v) is 1.63. The van der Waals surface area contributed by atoms with E-state index in [1.54, 1.807) is 0 Å². The highest BCUT2D eigenvalue weighted by Crippen LogP contribution is 2.08. The van der Waals surface area contributed by atoms with Gasteiger partial charge >= 0.3 is 0 Å². The molecule has 2 heterocycles. The number of fused-ring (bicyclic) bond motifs is 1. The van der Waals surface area contributed by atoms with E-state index in [9.17, 15) is 0 Å². The molecule has 2 aliphatic rings. The summed E-state index contributed by atoms with van der Waals surface area (Å²) in [6.07, 6.45) is 1.82. The smallest absolute Gasteiger partial charge is 0.149 e. The van der Waals surface area contributed by atoms with Gasteiger partial charge in [0.2, 0.25) is 0 Å². The first-order valence-electron chi connectivity index (χ1n) is 3.03. The Bertz CT molecular complexity index is 210. The summed E-state index contributed by atoms with van der Waals surface area (Å²) >= 11 is 5.67. The molecule has 54 valence electrons. The first-order valence-corrected chi connectivity index (χ1v) is 3.37. The van der Waals surface area contributed by atoms with E-state index in [1.165, 1.54) is 4.42 Å². The molecule has 0 amide bonds. The maximum absolute atomic E-state index is 5.67. The summed E-state index contributed by atoms with van der Waals surface area (Å²) in [5.74, 6) is 0.914. The van der Waals surface area contributed by atoms with Crippen molar-refractivity contribution in [1.82, 2.24) is 15.1 Å². The normalized spacial score (nSPS) is 22.3. The van der Waals surface area contributed by atoms with Crippen molar-refractivity contribution in [2.75, 3.05) is 13.3 Å². The topological polar surface area (TPSA) is 39.7 Å². The van der Waals surface area contributed by atoms with Crippen LogP contribution in [0.4, 0.5) is 0 Å². The van der Waals surface area contributed by atoms with Gasteiger partial charge in [-0.2, -0.15) is 0 Å². The minimum Gasteiger partial charge on any atom is -0.364 e. The number of nitrogens with one attached hydrogen (secondary N) is 2. The lowest BCUT2D eigenvalue weighted by Gasteiger charge is -2.13. The van der Waals surface area contributed by atoms with Crippen LogP contribution in [0.2, 0.25) is 0 Å². The summed E-state index contributed by atoms with van der Waals surface area (Å²) < 4.78 is 1.51. The number of rotatable bonds is 0. The number of nitrogens with zero attached hydrogens (tertiary/aromatic N) is 2. The first kappa shape index (κ1) is 5.85. The molecule has 1 fully saturated rings. The lowest BCUT2D eigenvalue weighted by molar-refractivity contribution is 0.606. The largest absolute Gasteiger partial charge is 0.364 e. The molecule has 0 aromatic heterocycles. The van der Waals surface area contributed by atoms with Gasteiger partial charge in [-0.05, 0) is 0 Å². The van der Waals surface area contributed by atoms with E-state index in [2.05, 4.69) is 15.6 Å². The molecule has 0 radical (unpaired) electrons. The van der Waals surface area contributed by atoms with Gasteiger partial charge in [0.1, 0.15) is 12.5 Å². The van der Waals surface area contributed by atoms with E-state index >= 15 is 0 Å². The molecule has 1 saturated heterocycles. The lowest BCUT2D eigenvalue weighted by atomic mass is 10.4. The Balaban J connectivity index is 2.27. The SMILES string of the molecule is ClN1C=C2NCNC2=NC1. The second-order valence-electron chi connectivity index (χ2n) is 2.12. The van der Waals surface area contributed by atoms with Crippen LogP contribution in [0.25, 0.3) is 0 Å². The predicted molar refractivity (Wildman–Crippen MR) is 39.2 cm³/mol. The maximum atomic E-state index is 5.67. The Morgan fingerprint density at radius 3 is 3.40 bits per heavy atom. The fourth-order valence-electron chi connectivity index (χ4n) is 0.969. The van der Waals surface area contributed by atoms with E-state index in [0.29, 0.717) is 6.67 Å². The second kappa shape index (κ2) is 2.05. The molecule has 0 atom stereocenters. The number of amidine groups is 1. The van der Waals surface area contributed by atoms with E-state index in [1.807, 2.05) is 6.20 Å². The molecule has 2 N–H and O–H groups in total. The van der Waals surface area contributed by atoms with Crippen LogP contribution in [-0.2, 0) is 0 Å². The number of halogens is 1. The molecule has 0 spiro atoms. The summed E-state index contributed by atoms with van der Waals surface area (Å²) in [4.78, 5) is 4.14. The summed E-state index contributed by atoms with van der Waals surface area (Å²) in [5.41, 5.74) is 0.973. The van der Waals surface area contributed by atoms with E-state index in [4.69, 9.17) is 11.8 Å². The van der Waals surface area contributed by atoms with Crippen LogP contribution in [0.3, 0.4) is 0 Å². The molecule has 0 saturated carbocycles. The van der Waals surface area contributed by atoms with Gasteiger partial charge in [0.05, 0.1) is 12.4 Å². The van der Waals surface area contributed by atoms with Crippen LogP contribution < -0.4 is 10.6 Å². The first-order chi connectivity index (χ1) is 4.86. The van der Waals surface area contributed by atoms with Gasteiger partial charge in [0, 0.05) is 18.0 Å². The zero-order valence-corrected chi connectivity index (χ0v) is 6.02.